The number of methoxy groups -OCH3 is 2. The smallest absolute Gasteiger partial charge is 0.240 e. The molecule has 0 radical (unpaired) electrons. The first kappa shape index (κ1) is 16.5. The molecule has 0 aliphatic carbocycles. The number of ether oxygens (including phenoxy) is 2. The number of anilines is 1. The second-order valence-corrected chi connectivity index (χ2v) is 5.30. The van der Waals surface area contributed by atoms with Crippen LogP contribution >= 0.6 is 0 Å². The van der Waals surface area contributed by atoms with Gasteiger partial charge in [0, 0.05) is 12.5 Å². The highest BCUT2D eigenvalue weighted by Gasteiger charge is 2.14. The van der Waals surface area contributed by atoms with Crippen LogP contribution in [0.1, 0.15) is 17.2 Å². The first-order valence-corrected chi connectivity index (χ1v) is 7.47. The number of aromatic hydroxyl groups is 1. The van der Waals surface area contributed by atoms with Crippen molar-refractivity contribution in [2.24, 2.45) is 0 Å². The molecule has 3 rings (SSSR count). The van der Waals surface area contributed by atoms with E-state index in [0.717, 1.165) is 5.56 Å². The normalized spacial score (nSPS) is 10.7. The lowest BCUT2D eigenvalue weighted by atomic mass is 10.1. The summed E-state index contributed by atoms with van der Waals surface area (Å²) in [5.74, 6) is 2.62. The zero-order chi connectivity index (χ0) is 18.0. The molecule has 25 heavy (non-hydrogen) atoms. The molecular weight excluding hydrogens is 324 g/mol. The van der Waals surface area contributed by atoms with Gasteiger partial charge in [0.2, 0.25) is 11.8 Å². The van der Waals surface area contributed by atoms with Crippen LogP contribution in [0.25, 0.3) is 5.82 Å². The Bertz CT molecular complexity index is 889. The molecule has 2 heterocycles. The molecule has 0 saturated heterocycles. The number of nitrogen functional groups attached to an aromatic ring is 1. The number of hydrogen-bond acceptors (Lipinski definition) is 8. The molecule has 2 aromatic heterocycles. The molecule has 0 atom stereocenters. The lowest BCUT2D eigenvalue weighted by Gasteiger charge is -2.10. The monoisotopic (exact) mass is 342 g/mol. The van der Waals surface area contributed by atoms with Crippen LogP contribution < -0.4 is 15.2 Å². The van der Waals surface area contributed by atoms with E-state index < -0.39 is 0 Å². The van der Waals surface area contributed by atoms with E-state index >= 15 is 0 Å². The van der Waals surface area contributed by atoms with Crippen LogP contribution in [0.5, 0.6) is 17.4 Å². The van der Waals surface area contributed by atoms with Gasteiger partial charge in [-0.3, -0.25) is 0 Å². The maximum Gasteiger partial charge on any atom is 0.240 e. The molecule has 0 amide bonds. The molecule has 0 unspecified atom stereocenters. The summed E-state index contributed by atoms with van der Waals surface area (Å²) in [6.45, 7) is 1.68. The van der Waals surface area contributed by atoms with Crippen LogP contribution in [0, 0.1) is 6.92 Å². The third-order valence-electron chi connectivity index (χ3n) is 3.53. The van der Waals surface area contributed by atoms with Gasteiger partial charge in [-0.1, -0.05) is 6.07 Å². The maximum atomic E-state index is 9.69. The van der Waals surface area contributed by atoms with Crippen molar-refractivity contribution in [3.8, 4) is 23.2 Å². The minimum atomic E-state index is -0.145. The first-order valence-electron chi connectivity index (χ1n) is 7.47. The molecule has 0 aliphatic heterocycles. The van der Waals surface area contributed by atoms with Crippen molar-refractivity contribution in [1.29, 1.82) is 0 Å². The number of aromatic nitrogens is 5. The summed E-state index contributed by atoms with van der Waals surface area (Å²) in [6.07, 6.45) is 0.439. The zero-order valence-corrected chi connectivity index (χ0v) is 14.1. The van der Waals surface area contributed by atoms with E-state index in [0.29, 0.717) is 35.4 Å². The van der Waals surface area contributed by atoms with Crippen molar-refractivity contribution in [1.82, 2.24) is 24.7 Å². The lowest BCUT2D eigenvalue weighted by molar-refractivity contribution is 0.354. The molecule has 0 aliphatic rings. The summed E-state index contributed by atoms with van der Waals surface area (Å²) in [7, 11) is 3.16. The summed E-state index contributed by atoms with van der Waals surface area (Å²) in [4.78, 5) is 12.4. The fourth-order valence-corrected chi connectivity index (χ4v) is 2.48. The Labute approximate surface area is 144 Å². The highest BCUT2D eigenvalue weighted by molar-refractivity contribution is 5.44. The predicted molar refractivity (Wildman–Crippen MR) is 90.1 cm³/mol. The Morgan fingerprint density at radius 2 is 1.84 bits per heavy atom. The third-order valence-corrected chi connectivity index (χ3v) is 3.53. The highest BCUT2D eigenvalue weighted by atomic mass is 16.5. The summed E-state index contributed by atoms with van der Waals surface area (Å²) in [5.41, 5.74) is 6.69. The minimum Gasteiger partial charge on any atom is -0.493 e. The molecule has 0 bridgehead atoms. The quantitative estimate of drug-likeness (QED) is 0.711. The number of nitrogens with two attached hydrogens (primary N) is 1. The van der Waals surface area contributed by atoms with Crippen molar-refractivity contribution >= 4 is 5.95 Å². The van der Waals surface area contributed by atoms with Crippen LogP contribution in [0.15, 0.2) is 24.3 Å². The second kappa shape index (κ2) is 6.63. The van der Waals surface area contributed by atoms with Crippen molar-refractivity contribution in [2.75, 3.05) is 20.0 Å². The first-order chi connectivity index (χ1) is 12.0. The van der Waals surface area contributed by atoms with Gasteiger partial charge in [-0.15, -0.1) is 5.10 Å². The predicted octanol–water partition coefficient (Wildman–Crippen LogP) is 1.26. The van der Waals surface area contributed by atoms with Gasteiger partial charge in [0.1, 0.15) is 11.6 Å². The van der Waals surface area contributed by atoms with E-state index in [1.54, 1.807) is 21.1 Å². The zero-order valence-electron chi connectivity index (χ0n) is 14.1. The van der Waals surface area contributed by atoms with Crippen molar-refractivity contribution in [3.05, 3.63) is 41.5 Å². The number of benzene rings is 1. The molecular formula is C16H18N6O3. The van der Waals surface area contributed by atoms with E-state index in [-0.39, 0.29) is 11.8 Å². The Hall–Kier alpha value is -3.36. The lowest BCUT2D eigenvalue weighted by Crippen LogP contribution is -2.07. The van der Waals surface area contributed by atoms with E-state index in [9.17, 15) is 5.11 Å². The van der Waals surface area contributed by atoms with Gasteiger partial charge in [-0.25, -0.2) is 4.98 Å². The summed E-state index contributed by atoms with van der Waals surface area (Å²) >= 11 is 0. The molecule has 9 heteroatoms. The van der Waals surface area contributed by atoms with Gasteiger partial charge >= 0.3 is 0 Å². The molecule has 0 spiro atoms. The number of aryl methyl sites for hydroxylation is 1. The Morgan fingerprint density at radius 3 is 2.52 bits per heavy atom. The summed E-state index contributed by atoms with van der Waals surface area (Å²) in [5, 5.41) is 13.9. The standard InChI is InChI=1S/C16H18N6O3/c1-9-18-14(8-15(23)19-9)22-13(20-16(17)21-22)7-10-4-5-11(24-2)12(6-10)25-3/h4-6,8H,7H2,1-3H3,(H2,17,21)(H,18,19,23). The molecule has 9 nitrogen and oxygen atoms in total. The molecule has 1 aromatic carbocycles. The van der Waals surface area contributed by atoms with Crippen molar-refractivity contribution < 1.29 is 14.6 Å². The Morgan fingerprint density at radius 1 is 1.08 bits per heavy atom. The average molecular weight is 342 g/mol. The summed E-state index contributed by atoms with van der Waals surface area (Å²) < 4.78 is 12.0. The van der Waals surface area contributed by atoms with Gasteiger partial charge in [0.05, 0.1) is 14.2 Å². The van der Waals surface area contributed by atoms with Gasteiger partial charge in [0.25, 0.3) is 0 Å². The number of nitrogens with zero attached hydrogens (tertiary/aromatic N) is 5. The number of hydrogen-bond donors (Lipinski definition) is 2. The Kier molecular flexibility index (Phi) is 4.38. The van der Waals surface area contributed by atoms with Gasteiger partial charge in [0.15, 0.2) is 17.3 Å². The molecule has 3 aromatic rings. The topological polar surface area (TPSA) is 121 Å². The van der Waals surface area contributed by atoms with Gasteiger partial charge in [-0.05, 0) is 24.6 Å². The average Bonchev–Trinajstić information content (AvgIpc) is 2.94. The maximum absolute atomic E-state index is 9.69. The van der Waals surface area contributed by atoms with Crippen LogP contribution in [-0.2, 0) is 6.42 Å². The molecule has 0 saturated carbocycles. The minimum absolute atomic E-state index is 0.117. The van der Waals surface area contributed by atoms with E-state index in [4.69, 9.17) is 15.2 Å². The van der Waals surface area contributed by atoms with Crippen molar-refractivity contribution in [3.63, 3.8) is 0 Å². The van der Waals surface area contributed by atoms with E-state index in [2.05, 4.69) is 20.1 Å². The second-order valence-electron chi connectivity index (χ2n) is 5.30. The van der Waals surface area contributed by atoms with Gasteiger partial charge in [-0.2, -0.15) is 14.6 Å². The molecule has 3 N–H and O–H groups in total. The fourth-order valence-electron chi connectivity index (χ4n) is 2.48. The van der Waals surface area contributed by atoms with Gasteiger partial charge < -0.3 is 20.3 Å². The third kappa shape index (κ3) is 3.44. The van der Waals surface area contributed by atoms with E-state index in [1.165, 1.54) is 10.7 Å². The number of rotatable bonds is 5. The van der Waals surface area contributed by atoms with Crippen LogP contribution in [0.3, 0.4) is 0 Å². The van der Waals surface area contributed by atoms with E-state index in [1.807, 2.05) is 18.2 Å². The largest absolute Gasteiger partial charge is 0.493 e. The van der Waals surface area contributed by atoms with Crippen LogP contribution in [0.4, 0.5) is 5.95 Å². The molecule has 0 fully saturated rings. The fraction of sp³-hybridized carbons (Fsp3) is 0.250. The Balaban J connectivity index is 1.99. The van der Waals surface area contributed by atoms with Crippen LogP contribution in [-0.4, -0.2) is 44.1 Å². The summed E-state index contributed by atoms with van der Waals surface area (Å²) in [6, 6.07) is 6.98. The van der Waals surface area contributed by atoms with Crippen molar-refractivity contribution in [2.45, 2.75) is 13.3 Å². The SMILES string of the molecule is COc1ccc(Cc2nc(N)nn2-c2cc(O)nc(C)n2)cc1OC. The van der Waals surface area contributed by atoms with Crippen LogP contribution in [0.2, 0.25) is 0 Å². The highest BCUT2D eigenvalue weighted by Crippen LogP contribution is 2.28. The molecule has 130 valence electrons.